The van der Waals surface area contributed by atoms with Crippen molar-refractivity contribution in [3.63, 3.8) is 0 Å². The van der Waals surface area contributed by atoms with Gasteiger partial charge in [0.1, 0.15) is 9.84 Å². The Hall–Kier alpha value is -0.560. The summed E-state index contributed by atoms with van der Waals surface area (Å²) in [5.41, 5.74) is -0.375. The van der Waals surface area contributed by atoms with Gasteiger partial charge >= 0.3 is 0 Å². The van der Waals surface area contributed by atoms with Crippen LogP contribution in [0.25, 0.3) is 0 Å². The van der Waals surface area contributed by atoms with E-state index in [1.165, 1.54) is 6.42 Å². The molecule has 0 saturated heterocycles. The molecule has 0 spiro atoms. The number of rotatable bonds is 4. The van der Waals surface area contributed by atoms with E-state index in [9.17, 15) is 13.7 Å². The maximum Gasteiger partial charge on any atom is 0.150 e. The van der Waals surface area contributed by atoms with Crippen LogP contribution in [0.5, 0.6) is 0 Å². The van der Waals surface area contributed by atoms with Gasteiger partial charge in [0.25, 0.3) is 0 Å². The summed E-state index contributed by atoms with van der Waals surface area (Å²) in [4.78, 5) is 0. The van der Waals surface area contributed by atoms with Gasteiger partial charge in [-0.25, -0.2) is 8.42 Å². The Morgan fingerprint density at radius 2 is 2.19 bits per heavy atom. The molecule has 0 bridgehead atoms. The van der Waals surface area contributed by atoms with Crippen LogP contribution in [0.1, 0.15) is 46.0 Å². The second kappa shape index (κ2) is 5.18. The van der Waals surface area contributed by atoms with Crippen LogP contribution < -0.4 is 0 Å². The molecule has 1 saturated carbocycles. The molecule has 2 unspecified atom stereocenters. The van der Waals surface area contributed by atoms with Gasteiger partial charge in [-0.2, -0.15) is 5.26 Å². The molecule has 16 heavy (non-hydrogen) atoms. The average Bonchev–Trinajstić information content (AvgIpc) is 2.27. The maximum absolute atomic E-state index is 11.5. The van der Waals surface area contributed by atoms with Crippen LogP contribution >= 0.6 is 0 Å². The molecule has 1 aliphatic rings. The molecule has 0 amide bonds. The van der Waals surface area contributed by atoms with Crippen LogP contribution in [0.15, 0.2) is 0 Å². The molecule has 1 aliphatic carbocycles. The lowest BCUT2D eigenvalue weighted by atomic mass is 9.69. The van der Waals surface area contributed by atoms with Crippen molar-refractivity contribution in [1.29, 1.82) is 5.26 Å². The van der Waals surface area contributed by atoms with Crippen molar-refractivity contribution in [2.75, 3.05) is 11.5 Å². The minimum Gasteiger partial charge on any atom is -0.229 e. The molecule has 0 aromatic heterocycles. The van der Waals surface area contributed by atoms with Gasteiger partial charge in [0, 0.05) is 5.75 Å². The molecule has 0 radical (unpaired) electrons. The number of hydrogen-bond acceptors (Lipinski definition) is 3. The van der Waals surface area contributed by atoms with Crippen LogP contribution in [0.4, 0.5) is 0 Å². The van der Waals surface area contributed by atoms with Gasteiger partial charge in [-0.1, -0.05) is 26.7 Å². The standard InChI is InChI=1S/C12H21NO2S/c1-3-16(14,15)8-7-12(10-13)6-4-5-11(2)9-12/h11H,3-9H2,1-2H3. The molecule has 0 heterocycles. The predicted octanol–water partition coefficient (Wildman–Crippen LogP) is 2.53. The van der Waals surface area contributed by atoms with Crippen molar-refractivity contribution in [3.05, 3.63) is 0 Å². The summed E-state index contributed by atoms with van der Waals surface area (Å²) in [6, 6.07) is 2.38. The summed E-state index contributed by atoms with van der Waals surface area (Å²) in [6.07, 6.45) is 4.48. The van der Waals surface area contributed by atoms with Gasteiger partial charge in [0.05, 0.1) is 17.2 Å². The van der Waals surface area contributed by atoms with E-state index < -0.39 is 9.84 Å². The van der Waals surface area contributed by atoms with Crippen molar-refractivity contribution in [3.8, 4) is 6.07 Å². The Labute approximate surface area is 98.8 Å². The Morgan fingerprint density at radius 1 is 1.50 bits per heavy atom. The van der Waals surface area contributed by atoms with E-state index in [0.717, 1.165) is 19.3 Å². The highest BCUT2D eigenvalue weighted by atomic mass is 32.2. The molecule has 0 aromatic carbocycles. The highest BCUT2D eigenvalue weighted by molar-refractivity contribution is 7.91. The summed E-state index contributed by atoms with van der Waals surface area (Å²) >= 11 is 0. The molecule has 1 fully saturated rings. The third-order valence-electron chi connectivity index (χ3n) is 3.66. The summed E-state index contributed by atoms with van der Waals surface area (Å²) < 4.78 is 22.9. The van der Waals surface area contributed by atoms with E-state index in [2.05, 4.69) is 13.0 Å². The molecule has 4 heteroatoms. The summed E-state index contributed by atoms with van der Waals surface area (Å²) in [5.74, 6) is 0.908. The zero-order valence-electron chi connectivity index (χ0n) is 10.2. The fraction of sp³-hybridized carbons (Fsp3) is 0.917. The number of nitrogens with zero attached hydrogens (tertiary/aromatic N) is 1. The van der Waals surface area contributed by atoms with E-state index in [4.69, 9.17) is 0 Å². The third kappa shape index (κ3) is 3.48. The van der Waals surface area contributed by atoms with Crippen molar-refractivity contribution in [2.45, 2.75) is 46.0 Å². The highest BCUT2D eigenvalue weighted by Crippen LogP contribution is 2.41. The van der Waals surface area contributed by atoms with Crippen molar-refractivity contribution >= 4 is 9.84 Å². The van der Waals surface area contributed by atoms with Crippen LogP contribution in [0.3, 0.4) is 0 Å². The largest absolute Gasteiger partial charge is 0.229 e. The summed E-state index contributed by atoms with van der Waals surface area (Å²) in [5, 5.41) is 9.28. The first-order valence-electron chi connectivity index (χ1n) is 6.05. The monoisotopic (exact) mass is 243 g/mol. The van der Waals surface area contributed by atoms with Crippen LogP contribution in [-0.2, 0) is 9.84 Å². The lowest BCUT2D eigenvalue weighted by Crippen LogP contribution is -2.29. The fourth-order valence-corrected chi connectivity index (χ4v) is 3.53. The number of sulfone groups is 1. The molecular formula is C12H21NO2S. The zero-order chi connectivity index (χ0) is 12.2. The van der Waals surface area contributed by atoms with E-state index in [0.29, 0.717) is 12.3 Å². The van der Waals surface area contributed by atoms with E-state index in [1.807, 2.05) is 0 Å². The summed E-state index contributed by atoms with van der Waals surface area (Å²) in [6.45, 7) is 3.82. The Bertz CT molecular complexity index is 369. The van der Waals surface area contributed by atoms with Gasteiger partial charge in [0.15, 0.2) is 0 Å². The molecule has 1 rings (SSSR count). The first kappa shape index (κ1) is 13.5. The number of nitriles is 1. The van der Waals surface area contributed by atoms with Crippen LogP contribution in [0, 0.1) is 22.7 Å². The quantitative estimate of drug-likeness (QED) is 0.762. The maximum atomic E-state index is 11.5. The zero-order valence-corrected chi connectivity index (χ0v) is 11.0. The Balaban J connectivity index is 2.65. The van der Waals surface area contributed by atoms with E-state index >= 15 is 0 Å². The van der Waals surface area contributed by atoms with Crippen molar-refractivity contribution < 1.29 is 8.42 Å². The molecule has 92 valence electrons. The fourth-order valence-electron chi connectivity index (χ4n) is 2.54. The van der Waals surface area contributed by atoms with Gasteiger partial charge < -0.3 is 0 Å². The predicted molar refractivity (Wildman–Crippen MR) is 64.6 cm³/mol. The Morgan fingerprint density at radius 3 is 2.69 bits per heavy atom. The Kier molecular flexibility index (Phi) is 4.37. The van der Waals surface area contributed by atoms with E-state index in [1.54, 1.807) is 6.92 Å². The lowest BCUT2D eigenvalue weighted by molar-refractivity contribution is 0.205. The minimum absolute atomic E-state index is 0.170. The molecule has 2 atom stereocenters. The first-order valence-corrected chi connectivity index (χ1v) is 7.87. The lowest BCUT2D eigenvalue weighted by Gasteiger charge is -2.34. The first-order chi connectivity index (χ1) is 7.43. The molecule has 0 aliphatic heterocycles. The molecule has 0 aromatic rings. The average molecular weight is 243 g/mol. The van der Waals surface area contributed by atoms with Gasteiger partial charge in [-0.3, -0.25) is 0 Å². The van der Waals surface area contributed by atoms with Gasteiger partial charge in [-0.05, 0) is 25.2 Å². The van der Waals surface area contributed by atoms with Crippen LogP contribution in [-0.4, -0.2) is 19.9 Å². The second-order valence-corrected chi connectivity index (χ2v) is 7.55. The highest BCUT2D eigenvalue weighted by Gasteiger charge is 2.35. The second-order valence-electron chi connectivity index (χ2n) is 5.08. The topological polar surface area (TPSA) is 57.9 Å². The van der Waals surface area contributed by atoms with Crippen LogP contribution in [0.2, 0.25) is 0 Å². The molecular weight excluding hydrogens is 222 g/mol. The van der Waals surface area contributed by atoms with E-state index in [-0.39, 0.29) is 16.9 Å². The van der Waals surface area contributed by atoms with Gasteiger partial charge in [0.2, 0.25) is 0 Å². The number of hydrogen-bond donors (Lipinski definition) is 0. The molecule has 3 nitrogen and oxygen atoms in total. The normalized spacial score (nSPS) is 30.9. The minimum atomic E-state index is -2.94. The molecule has 0 N–H and O–H groups in total. The van der Waals surface area contributed by atoms with Crippen molar-refractivity contribution in [2.24, 2.45) is 11.3 Å². The SMILES string of the molecule is CCS(=O)(=O)CCC1(C#N)CCCC(C)C1. The van der Waals surface area contributed by atoms with Crippen molar-refractivity contribution in [1.82, 2.24) is 0 Å². The van der Waals surface area contributed by atoms with Gasteiger partial charge in [-0.15, -0.1) is 0 Å². The third-order valence-corrected chi connectivity index (χ3v) is 5.37. The summed E-state index contributed by atoms with van der Waals surface area (Å²) in [7, 11) is -2.94. The smallest absolute Gasteiger partial charge is 0.150 e.